The Labute approximate surface area is 404 Å². The number of unbranched alkanes of at least 4 members (excludes halogenated alkanes) is 1. The summed E-state index contributed by atoms with van der Waals surface area (Å²) < 4.78 is 0. The van der Waals surface area contributed by atoms with E-state index in [-0.39, 0.29) is 26.2 Å². The van der Waals surface area contributed by atoms with Gasteiger partial charge in [-0.05, 0) is 67.4 Å². The van der Waals surface area contributed by atoms with Crippen LogP contribution >= 0.6 is 0 Å². The summed E-state index contributed by atoms with van der Waals surface area (Å²) in [6.45, 7) is 10.2. The number of benzene rings is 8. The van der Waals surface area contributed by atoms with Crippen LogP contribution in [0.5, 0.6) is 0 Å². The zero-order valence-corrected chi connectivity index (χ0v) is 41.7. The summed E-state index contributed by atoms with van der Waals surface area (Å²) in [6.07, 6.45) is 9.00. The van der Waals surface area contributed by atoms with E-state index in [2.05, 4.69) is 240 Å². The van der Waals surface area contributed by atoms with E-state index in [1.54, 1.807) is 0 Å². The Kier molecular flexibility index (Phi) is 18.2. The molecular formula is C62H60SiZr. The van der Waals surface area contributed by atoms with E-state index in [0.717, 1.165) is 32.1 Å². The fraction of sp³-hybridized carbons (Fsp3) is 0.145. The van der Waals surface area contributed by atoms with Crippen molar-refractivity contribution in [3.05, 3.63) is 242 Å². The fourth-order valence-corrected chi connectivity index (χ4v) is 8.65. The third-order valence-electron chi connectivity index (χ3n) is 11.8. The normalized spacial score (nSPS) is 10.5. The van der Waals surface area contributed by atoms with Gasteiger partial charge in [-0.3, -0.25) is 0 Å². The first-order valence-corrected chi connectivity index (χ1v) is 23.5. The number of aryl methyl sites for hydroxylation is 2. The maximum absolute atomic E-state index is 3.60. The van der Waals surface area contributed by atoms with Gasteiger partial charge in [-0.1, -0.05) is 183 Å². The number of hydrogen-bond donors (Lipinski definition) is 0. The first kappa shape index (κ1) is 47.8. The minimum atomic E-state index is 0. The molecule has 0 radical (unpaired) electrons. The molecule has 0 N–H and O–H groups in total. The molecule has 0 heterocycles. The van der Waals surface area contributed by atoms with Crippen LogP contribution in [-0.2, 0) is 39.0 Å². The molecule has 0 aliphatic heterocycles. The molecule has 0 bridgehead atoms. The molecule has 10 aromatic carbocycles. The number of rotatable bonds is 10. The molecule has 10 rings (SSSR count). The van der Waals surface area contributed by atoms with Crippen molar-refractivity contribution in [3.63, 3.8) is 0 Å². The van der Waals surface area contributed by atoms with Gasteiger partial charge >= 0.3 is 26.2 Å². The molecule has 0 fully saturated rings. The number of hydrogen-bond acceptors (Lipinski definition) is 0. The predicted octanol–water partition coefficient (Wildman–Crippen LogP) is 16.4. The quantitative estimate of drug-likeness (QED) is 0.0947. The van der Waals surface area contributed by atoms with Crippen molar-refractivity contribution in [2.75, 3.05) is 0 Å². The van der Waals surface area contributed by atoms with Crippen molar-refractivity contribution in [2.24, 2.45) is 0 Å². The third kappa shape index (κ3) is 12.1. The SMILES string of the molecule is CCc1cc2c(-c3cccc4ccccc34)cccc2[cH-]1.CCc1cc2c(-c3cccc4ccccc34)cccc2[cH-]1.[CH2-]CCC.[SiH2]=C(CC[CH-]c1ccccc1)c1ccccc1.[Zr+4]. The largest absolute Gasteiger partial charge is 4.00 e. The van der Waals surface area contributed by atoms with Gasteiger partial charge in [-0.25, -0.2) is 0 Å². The fourth-order valence-electron chi connectivity index (χ4n) is 8.21. The van der Waals surface area contributed by atoms with Crippen LogP contribution in [0.3, 0.4) is 0 Å². The van der Waals surface area contributed by atoms with Gasteiger partial charge in [0, 0.05) is 0 Å². The van der Waals surface area contributed by atoms with Crippen LogP contribution in [0, 0.1) is 13.3 Å². The first-order chi connectivity index (χ1) is 31.0. The monoisotopic (exact) mass is 922 g/mol. The average molecular weight is 924 g/mol. The standard InChI is InChI=1S/2C21H17.C16H17Si.C4H9.Zr/c2*1-2-15-13-17-9-6-12-20(21(17)14-15)19-11-5-8-16-7-3-4-10-18(16)19;17-16(15-11-5-2-6-12-15)13-7-10-14-8-3-1-4-9-14;1-3-4-2;/h2*3-14H,2H2,1H3;1-6,8-12H,7,13,17H2;1,3-4H2,2H3;/q4*-1;+4. The van der Waals surface area contributed by atoms with E-state index in [1.165, 1.54) is 99.2 Å². The average Bonchev–Trinajstić information content (AvgIpc) is 4.00. The molecule has 0 aliphatic rings. The Morgan fingerprint density at radius 1 is 0.484 bits per heavy atom. The van der Waals surface area contributed by atoms with E-state index in [9.17, 15) is 0 Å². The molecule has 10 aromatic rings. The summed E-state index contributed by atoms with van der Waals surface area (Å²) in [5.74, 6) is 0. The van der Waals surface area contributed by atoms with Crippen LogP contribution in [-0.4, -0.2) is 15.0 Å². The zero-order chi connectivity index (χ0) is 43.8. The number of fused-ring (bicyclic) bond motifs is 4. The van der Waals surface area contributed by atoms with Crippen LogP contribution in [0.1, 0.15) is 68.7 Å². The molecule has 0 aliphatic carbocycles. The Morgan fingerprint density at radius 3 is 1.33 bits per heavy atom. The van der Waals surface area contributed by atoms with Crippen LogP contribution in [0.4, 0.5) is 0 Å². The molecule has 0 amide bonds. The van der Waals surface area contributed by atoms with Crippen molar-refractivity contribution >= 4 is 58.1 Å². The van der Waals surface area contributed by atoms with E-state index in [1.807, 2.05) is 9.85 Å². The maximum Gasteiger partial charge on any atom is 4.00 e. The Balaban J connectivity index is 0.000000153. The molecule has 0 aromatic heterocycles. The van der Waals surface area contributed by atoms with Gasteiger partial charge in [0.05, 0.1) is 0 Å². The Morgan fingerprint density at radius 2 is 0.875 bits per heavy atom. The minimum absolute atomic E-state index is 0. The summed E-state index contributed by atoms with van der Waals surface area (Å²) in [7, 11) is 2.00. The zero-order valence-electron chi connectivity index (χ0n) is 37.9. The van der Waals surface area contributed by atoms with Crippen LogP contribution in [0.15, 0.2) is 206 Å². The molecule has 0 spiro atoms. The van der Waals surface area contributed by atoms with Crippen molar-refractivity contribution in [3.8, 4) is 22.3 Å². The van der Waals surface area contributed by atoms with Crippen LogP contribution < -0.4 is 0 Å². The summed E-state index contributed by atoms with van der Waals surface area (Å²) in [6, 6.07) is 74.1. The molecule has 64 heavy (non-hydrogen) atoms. The van der Waals surface area contributed by atoms with Crippen LogP contribution in [0.2, 0.25) is 0 Å². The van der Waals surface area contributed by atoms with E-state index in [4.69, 9.17) is 0 Å². The molecule has 0 nitrogen and oxygen atoms in total. The molecule has 0 saturated heterocycles. The van der Waals surface area contributed by atoms with E-state index >= 15 is 0 Å². The van der Waals surface area contributed by atoms with Gasteiger partial charge in [0.25, 0.3) is 0 Å². The van der Waals surface area contributed by atoms with Gasteiger partial charge in [-0.15, -0.1) is 81.2 Å². The summed E-state index contributed by atoms with van der Waals surface area (Å²) >= 11 is 0. The van der Waals surface area contributed by atoms with Crippen molar-refractivity contribution in [2.45, 2.75) is 59.3 Å². The van der Waals surface area contributed by atoms with E-state index in [0.29, 0.717) is 0 Å². The molecule has 2 heteroatoms. The van der Waals surface area contributed by atoms with Gasteiger partial charge in [0.15, 0.2) is 0 Å². The van der Waals surface area contributed by atoms with Crippen LogP contribution in [0.25, 0.3) is 65.3 Å². The second-order valence-corrected chi connectivity index (χ2v) is 16.9. The molecule has 0 atom stereocenters. The molecule has 316 valence electrons. The molecular weight excluding hydrogens is 864 g/mol. The predicted molar refractivity (Wildman–Crippen MR) is 282 cm³/mol. The third-order valence-corrected chi connectivity index (χ3v) is 12.5. The molecule has 0 saturated carbocycles. The Bertz CT molecular complexity index is 2820. The van der Waals surface area contributed by atoms with Crippen molar-refractivity contribution in [1.82, 2.24) is 0 Å². The summed E-state index contributed by atoms with van der Waals surface area (Å²) in [5, 5.41) is 12.2. The summed E-state index contributed by atoms with van der Waals surface area (Å²) in [5.41, 5.74) is 10.8. The van der Waals surface area contributed by atoms with Gasteiger partial charge < -0.3 is 6.92 Å². The summed E-state index contributed by atoms with van der Waals surface area (Å²) in [4.78, 5) is 0. The maximum atomic E-state index is 3.60. The second-order valence-electron chi connectivity index (χ2n) is 16.1. The Hall–Kier alpha value is -5.66. The smallest absolute Gasteiger partial charge is 0.343 e. The second kappa shape index (κ2) is 24.4. The van der Waals surface area contributed by atoms with Crippen molar-refractivity contribution in [1.29, 1.82) is 0 Å². The first-order valence-electron chi connectivity index (χ1n) is 22.7. The van der Waals surface area contributed by atoms with Gasteiger partial charge in [0.2, 0.25) is 0 Å². The van der Waals surface area contributed by atoms with Gasteiger partial charge in [0.1, 0.15) is 0 Å². The van der Waals surface area contributed by atoms with Gasteiger partial charge in [-0.2, -0.15) is 42.7 Å². The van der Waals surface area contributed by atoms with Crippen molar-refractivity contribution < 1.29 is 26.2 Å². The van der Waals surface area contributed by atoms with E-state index < -0.39 is 0 Å². The topological polar surface area (TPSA) is 0 Å². The molecule has 0 unspecified atom stereocenters. The minimum Gasteiger partial charge on any atom is -0.343 e.